The first-order chi connectivity index (χ1) is 14.7. The van der Waals surface area contributed by atoms with Gasteiger partial charge in [0.15, 0.2) is 13.2 Å². The van der Waals surface area contributed by atoms with Gasteiger partial charge in [-0.1, -0.05) is 42.5 Å². The summed E-state index contributed by atoms with van der Waals surface area (Å²) in [4.78, 5) is 23.4. The molecular formula is C23H22N2O5. The average Bonchev–Trinajstić information content (AvgIpc) is 2.77. The normalized spacial score (nSPS) is 10.7. The average molecular weight is 406 g/mol. The zero-order valence-corrected chi connectivity index (χ0v) is 16.5. The molecule has 1 N–H and O–H groups in total. The SMILES string of the molecule is CCOC(=O)COc1ccccc1C=NNC(=O)COc1ccc2ccccc2c1. The molecule has 1 amide bonds. The van der Waals surface area contributed by atoms with Crippen LogP contribution in [-0.2, 0) is 14.3 Å². The minimum atomic E-state index is -0.455. The van der Waals surface area contributed by atoms with E-state index < -0.39 is 11.9 Å². The van der Waals surface area contributed by atoms with Crippen LogP contribution >= 0.6 is 0 Å². The van der Waals surface area contributed by atoms with Gasteiger partial charge in [0.05, 0.1) is 12.8 Å². The van der Waals surface area contributed by atoms with Crippen LogP contribution in [0.5, 0.6) is 11.5 Å². The maximum atomic E-state index is 12.0. The summed E-state index contributed by atoms with van der Waals surface area (Å²) in [7, 11) is 0. The van der Waals surface area contributed by atoms with Crippen molar-refractivity contribution in [3.8, 4) is 11.5 Å². The van der Waals surface area contributed by atoms with Crippen LogP contribution in [0.25, 0.3) is 10.8 Å². The molecule has 0 fully saturated rings. The second-order valence-electron chi connectivity index (χ2n) is 6.22. The number of hydrogen-bond donors (Lipinski definition) is 1. The van der Waals surface area contributed by atoms with E-state index in [2.05, 4.69) is 10.5 Å². The van der Waals surface area contributed by atoms with Gasteiger partial charge in [0.2, 0.25) is 0 Å². The number of hydrazone groups is 1. The fourth-order valence-electron chi connectivity index (χ4n) is 2.67. The number of rotatable bonds is 9. The van der Waals surface area contributed by atoms with E-state index in [-0.39, 0.29) is 13.2 Å². The predicted molar refractivity (Wildman–Crippen MR) is 114 cm³/mol. The third kappa shape index (κ3) is 6.07. The van der Waals surface area contributed by atoms with E-state index in [1.54, 1.807) is 31.2 Å². The Morgan fingerprint density at radius 3 is 2.53 bits per heavy atom. The van der Waals surface area contributed by atoms with Crippen molar-refractivity contribution in [1.29, 1.82) is 0 Å². The lowest BCUT2D eigenvalue weighted by Crippen LogP contribution is -2.24. The molecule has 3 rings (SSSR count). The van der Waals surface area contributed by atoms with Crippen molar-refractivity contribution in [2.75, 3.05) is 19.8 Å². The Morgan fingerprint density at radius 1 is 0.933 bits per heavy atom. The van der Waals surface area contributed by atoms with Crippen LogP contribution in [0, 0.1) is 0 Å². The van der Waals surface area contributed by atoms with Crippen molar-refractivity contribution >= 4 is 28.9 Å². The molecule has 0 radical (unpaired) electrons. The molecule has 3 aromatic carbocycles. The molecule has 0 aromatic heterocycles. The summed E-state index contributed by atoms with van der Waals surface area (Å²) >= 11 is 0. The summed E-state index contributed by atoms with van der Waals surface area (Å²) < 4.78 is 15.8. The molecular weight excluding hydrogens is 384 g/mol. The third-order valence-electron chi connectivity index (χ3n) is 4.05. The third-order valence-corrected chi connectivity index (χ3v) is 4.05. The van der Waals surface area contributed by atoms with E-state index in [4.69, 9.17) is 14.2 Å². The Kier molecular flexibility index (Phi) is 7.38. The quantitative estimate of drug-likeness (QED) is 0.335. The molecule has 0 aliphatic heterocycles. The lowest BCUT2D eigenvalue weighted by molar-refractivity contribution is -0.145. The highest BCUT2D eigenvalue weighted by Crippen LogP contribution is 2.20. The highest BCUT2D eigenvalue weighted by atomic mass is 16.6. The van der Waals surface area contributed by atoms with Gasteiger partial charge in [-0.2, -0.15) is 5.10 Å². The molecule has 30 heavy (non-hydrogen) atoms. The molecule has 0 spiro atoms. The first kappa shape index (κ1) is 20.9. The van der Waals surface area contributed by atoms with Crippen LogP contribution in [-0.4, -0.2) is 37.9 Å². The summed E-state index contributed by atoms with van der Waals surface area (Å²) in [6, 6.07) is 20.6. The fourth-order valence-corrected chi connectivity index (χ4v) is 2.67. The maximum absolute atomic E-state index is 12.0. The summed E-state index contributed by atoms with van der Waals surface area (Å²) in [5.74, 6) is 0.203. The largest absolute Gasteiger partial charge is 0.484 e. The van der Waals surface area contributed by atoms with Crippen molar-refractivity contribution in [1.82, 2.24) is 5.43 Å². The van der Waals surface area contributed by atoms with Crippen molar-refractivity contribution in [2.45, 2.75) is 6.92 Å². The lowest BCUT2D eigenvalue weighted by atomic mass is 10.1. The number of carbonyl (C=O) groups is 2. The summed E-state index contributed by atoms with van der Waals surface area (Å²) in [6.07, 6.45) is 1.44. The number of carbonyl (C=O) groups excluding carboxylic acids is 2. The van der Waals surface area contributed by atoms with Gasteiger partial charge in [0, 0.05) is 5.56 Å². The number of fused-ring (bicyclic) bond motifs is 1. The number of benzene rings is 3. The van der Waals surface area contributed by atoms with Crippen molar-refractivity contribution in [3.63, 3.8) is 0 Å². The monoisotopic (exact) mass is 406 g/mol. The van der Waals surface area contributed by atoms with E-state index in [0.717, 1.165) is 10.8 Å². The Balaban J connectivity index is 1.51. The van der Waals surface area contributed by atoms with E-state index >= 15 is 0 Å². The standard InChI is InChI=1S/C23H22N2O5/c1-2-28-23(27)16-30-21-10-6-5-9-19(21)14-24-25-22(26)15-29-20-12-11-17-7-3-4-8-18(17)13-20/h3-14H,2,15-16H2,1H3,(H,25,26). The molecule has 7 nitrogen and oxygen atoms in total. The van der Waals surface area contributed by atoms with Crippen molar-refractivity contribution in [3.05, 3.63) is 72.3 Å². The minimum absolute atomic E-state index is 0.170. The second-order valence-corrected chi connectivity index (χ2v) is 6.22. The summed E-state index contributed by atoms with van der Waals surface area (Å²) in [5, 5.41) is 6.06. The number of ether oxygens (including phenoxy) is 3. The Bertz CT molecular complexity index is 1050. The van der Waals surface area contributed by atoms with Gasteiger partial charge in [-0.15, -0.1) is 0 Å². The van der Waals surface area contributed by atoms with Gasteiger partial charge < -0.3 is 14.2 Å². The van der Waals surface area contributed by atoms with Crippen molar-refractivity contribution < 1.29 is 23.8 Å². The first-order valence-electron chi connectivity index (χ1n) is 9.46. The summed E-state index contributed by atoms with van der Waals surface area (Å²) in [6.45, 7) is 1.64. The van der Waals surface area contributed by atoms with Crippen LogP contribution in [0.1, 0.15) is 12.5 Å². The minimum Gasteiger partial charge on any atom is -0.484 e. The zero-order valence-electron chi connectivity index (χ0n) is 16.5. The van der Waals surface area contributed by atoms with Gasteiger partial charge in [-0.3, -0.25) is 4.79 Å². The number of esters is 1. The molecule has 3 aromatic rings. The molecule has 0 heterocycles. The number of nitrogens with zero attached hydrogens (tertiary/aromatic N) is 1. The van der Waals surface area contributed by atoms with Crippen LogP contribution < -0.4 is 14.9 Å². The fraction of sp³-hybridized carbons (Fsp3) is 0.174. The number of para-hydroxylation sites is 1. The van der Waals surface area contributed by atoms with Crippen molar-refractivity contribution in [2.24, 2.45) is 5.10 Å². The van der Waals surface area contributed by atoms with E-state index in [1.165, 1.54) is 6.21 Å². The van der Waals surface area contributed by atoms with E-state index in [0.29, 0.717) is 23.7 Å². The first-order valence-corrected chi connectivity index (χ1v) is 9.46. The molecule has 0 saturated heterocycles. The molecule has 0 atom stereocenters. The van der Waals surface area contributed by atoms with Crippen LogP contribution in [0.2, 0.25) is 0 Å². The molecule has 154 valence electrons. The van der Waals surface area contributed by atoms with Gasteiger partial charge in [-0.05, 0) is 42.0 Å². The number of hydrogen-bond acceptors (Lipinski definition) is 6. The molecule has 0 bridgehead atoms. The number of amides is 1. The van der Waals surface area contributed by atoms with E-state index in [1.807, 2.05) is 42.5 Å². The molecule has 0 unspecified atom stereocenters. The van der Waals surface area contributed by atoms with Gasteiger partial charge in [0.25, 0.3) is 5.91 Å². The predicted octanol–water partition coefficient (Wildman–Crippen LogP) is 3.31. The smallest absolute Gasteiger partial charge is 0.344 e. The summed E-state index contributed by atoms with van der Waals surface area (Å²) in [5.41, 5.74) is 3.02. The highest BCUT2D eigenvalue weighted by Gasteiger charge is 2.06. The van der Waals surface area contributed by atoms with Crippen LogP contribution in [0.3, 0.4) is 0 Å². The van der Waals surface area contributed by atoms with E-state index in [9.17, 15) is 9.59 Å². The number of nitrogens with one attached hydrogen (secondary N) is 1. The van der Waals surface area contributed by atoms with Crippen LogP contribution in [0.4, 0.5) is 0 Å². The van der Waals surface area contributed by atoms with Crippen LogP contribution in [0.15, 0.2) is 71.8 Å². The molecule has 0 saturated carbocycles. The second kappa shape index (κ2) is 10.6. The van der Waals surface area contributed by atoms with Gasteiger partial charge in [0.1, 0.15) is 11.5 Å². The Labute approximate surface area is 174 Å². The maximum Gasteiger partial charge on any atom is 0.344 e. The van der Waals surface area contributed by atoms with Gasteiger partial charge >= 0.3 is 5.97 Å². The molecule has 0 aliphatic rings. The lowest BCUT2D eigenvalue weighted by Gasteiger charge is -2.08. The topological polar surface area (TPSA) is 86.2 Å². The Hall–Kier alpha value is -3.87. The Morgan fingerprint density at radius 2 is 1.70 bits per heavy atom. The molecule has 0 aliphatic carbocycles. The zero-order chi connectivity index (χ0) is 21.2. The van der Waals surface area contributed by atoms with Gasteiger partial charge in [-0.25, -0.2) is 10.2 Å². The molecule has 7 heteroatoms. The highest BCUT2D eigenvalue weighted by molar-refractivity contribution is 5.86.